The van der Waals surface area contributed by atoms with Gasteiger partial charge in [-0.15, -0.1) is 0 Å². The normalized spacial score (nSPS) is 19.5. The van der Waals surface area contributed by atoms with Crippen LogP contribution in [0.3, 0.4) is 0 Å². The number of pyridine rings is 1. The summed E-state index contributed by atoms with van der Waals surface area (Å²) in [6.45, 7) is 1.11. The standard InChI is InChI=1S/C26H30F3N5O5/c1-38-17-24(36)33-10-11-34-20(14-33)16-39-22-6-5-18(26(27,28)29)12-21(22)25(37)31-8-9-32(15-23(34)35)13-19-4-2-3-7-30-19/h2-7,12,20H,8-11,13-17H2,1H3,(H,31,37)/t20-/m0/s1. The highest BCUT2D eigenvalue weighted by Gasteiger charge is 2.35. The van der Waals surface area contributed by atoms with E-state index < -0.39 is 23.7 Å². The van der Waals surface area contributed by atoms with Crippen molar-refractivity contribution in [3.05, 3.63) is 59.4 Å². The number of ether oxygens (including phenoxy) is 2. The molecule has 13 heteroatoms. The van der Waals surface area contributed by atoms with Crippen molar-refractivity contribution in [2.24, 2.45) is 0 Å². The Kier molecular flexibility index (Phi) is 9.02. The third-order valence-electron chi connectivity index (χ3n) is 6.59. The molecule has 2 aliphatic rings. The molecular formula is C26H30F3N5O5. The fourth-order valence-corrected chi connectivity index (χ4v) is 4.60. The highest BCUT2D eigenvalue weighted by molar-refractivity contribution is 5.97. The van der Waals surface area contributed by atoms with E-state index in [9.17, 15) is 27.6 Å². The first-order valence-electron chi connectivity index (χ1n) is 12.5. The van der Waals surface area contributed by atoms with Crippen LogP contribution in [0.2, 0.25) is 0 Å². The second-order valence-corrected chi connectivity index (χ2v) is 9.32. The van der Waals surface area contributed by atoms with Gasteiger partial charge in [-0.1, -0.05) is 6.07 Å². The first-order chi connectivity index (χ1) is 18.7. The third-order valence-corrected chi connectivity index (χ3v) is 6.59. The number of carbonyl (C=O) groups excluding carboxylic acids is 3. The van der Waals surface area contributed by atoms with Crippen LogP contribution in [0.5, 0.6) is 5.75 Å². The van der Waals surface area contributed by atoms with E-state index in [1.165, 1.54) is 7.11 Å². The summed E-state index contributed by atoms with van der Waals surface area (Å²) in [5, 5.41) is 2.65. The maximum atomic E-state index is 13.5. The lowest BCUT2D eigenvalue weighted by Crippen LogP contribution is -2.60. The molecule has 1 fully saturated rings. The summed E-state index contributed by atoms with van der Waals surface area (Å²) < 4.78 is 51.0. The molecule has 39 heavy (non-hydrogen) atoms. The van der Waals surface area contributed by atoms with Crippen molar-refractivity contribution in [1.82, 2.24) is 25.0 Å². The van der Waals surface area contributed by atoms with Crippen LogP contribution in [0, 0.1) is 0 Å². The van der Waals surface area contributed by atoms with Crippen LogP contribution in [0.15, 0.2) is 42.6 Å². The Hall–Kier alpha value is -3.71. The van der Waals surface area contributed by atoms with E-state index in [4.69, 9.17) is 9.47 Å². The Labute approximate surface area is 223 Å². The Morgan fingerprint density at radius 1 is 1.18 bits per heavy atom. The Morgan fingerprint density at radius 2 is 2.00 bits per heavy atom. The largest absolute Gasteiger partial charge is 0.491 e. The number of benzene rings is 1. The SMILES string of the molecule is COCC(=O)N1CCN2C(=O)CN(Cc3ccccn3)CCNC(=O)c3cc(C(F)(F)F)ccc3OC[C@@H]2C1. The molecule has 0 unspecified atom stereocenters. The molecule has 0 saturated carbocycles. The minimum absolute atomic E-state index is 0.0140. The zero-order chi connectivity index (χ0) is 28.0. The number of carbonyl (C=O) groups is 3. The first kappa shape index (κ1) is 28.3. The van der Waals surface area contributed by atoms with Crippen LogP contribution in [-0.2, 0) is 27.0 Å². The minimum atomic E-state index is -4.65. The van der Waals surface area contributed by atoms with Gasteiger partial charge in [-0.2, -0.15) is 13.2 Å². The predicted molar refractivity (Wildman–Crippen MR) is 133 cm³/mol. The van der Waals surface area contributed by atoms with E-state index >= 15 is 0 Å². The molecule has 4 rings (SSSR count). The van der Waals surface area contributed by atoms with Crippen LogP contribution >= 0.6 is 0 Å². The number of piperazine rings is 1. The van der Waals surface area contributed by atoms with Crippen molar-refractivity contribution in [2.75, 3.05) is 59.6 Å². The molecule has 3 heterocycles. The van der Waals surface area contributed by atoms with Gasteiger partial charge in [-0.3, -0.25) is 24.3 Å². The number of halogens is 3. The monoisotopic (exact) mass is 549 g/mol. The molecule has 0 bridgehead atoms. The van der Waals surface area contributed by atoms with Gasteiger partial charge in [-0.05, 0) is 30.3 Å². The van der Waals surface area contributed by atoms with Crippen LogP contribution in [0.25, 0.3) is 0 Å². The van der Waals surface area contributed by atoms with Crippen LogP contribution in [0.1, 0.15) is 21.6 Å². The summed E-state index contributed by atoms with van der Waals surface area (Å²) in [5.41, 5.74) is -0.524. The highest BCUT2D eigenvalue weighted by atomic mass is 19.4. The molecule has 1 atom stereocenters. The number of hydrogen-bond donors (Lipinski definition) is 1. The molecule has 210 valence electrons. The number of amides is 3. The van der Waals surface area contributed by atoms with Gasteiger partial charge in [0.25, 0.3) is 5.91 Å². The van der Waals surface area contributed by atoms with Crippen molar-refractivity contribution in [1.29, 1.82) is 0 Å². The summed E-state index contributed by atoms with van der Waals surface area (Å²) in [6, 6.07) is 7.53. The van der Waals surface area contributed by atoms with E-state index in [-0.39, 0.29) is 69.1 Å². The maximum absolute atomic E-state index is 13.5. The van der Waals surface area contributed by atoms with E-state index in [0.29, 0.717) is 13.1 Å². The van der Waals surface area contributed by atoms with Gasteiger partial charge in [-0.25, -0.2) is 0 Å². The Bertz CT molecular complexity index is 1180. The molecule has 1 aromatic carbocycles. The molecule has 2 aromatic rings. The fraction of sp³-hybridized carbons (Fsp3) is 0.462. The quantitative estimate of drug-likeness (QED) is 0.615. The van der Waals surface area contributed by atoms with Gasteiger partial charge in [0.05, 0.1) is 29.4 Å². The summed E-state index contributed by atoms with van der Waals surface area (Å²) >= 11 is 0. The molecule has 1 aromatic heterocycles. The van der Waals surface area contributed by atoms with Crippen LogP contribution in [-0.4, -0.2) is 103 Å². The molecular weight excluding hydrogens is 519 g/mol. The van der Waals surface area contributed by atoms with E-state index in [1.54, 1.807) is 22.1 Å². The number of methoxy groups -OCH3 is 1. The molecule has 1 saturated heterocycles. The summed E-state index contributed by atoms with van der Waals surface area (Å²) in [7, 11) is 1.41. The zero-order valence-corrected chi connectivity index (χ0v) is 21.4. The minimum Gasteiger partial charge on any atom is -0.491 e. The molecule has 3 amide bonds. The van der Waals surface area contributed by atoms with Crippen molar-refractivity contribution in [2.45, 2.75) is 18.8 Å². The summed E-state index contributed by atoms with van der Waals surface area (Å²) in [6.07, 6.45) is -3.01. The maximum Gasteiger partial charge on any atom is 0.416 e. The van der Waals surface area contributed by atoms with Gasteiger partial charge in [0.1, 0.15) is 19.0 Å². The molecule has 10 nitrogen and oxygen atoms in total. The van der Waals surface area contributed by atoms with E-state index in [1.807, 2.05) is 17.0 Å². The van der Waals surface area contributed by atoms with Crippen molar-refractivity contribution >= 4 is 17.7 Å². The van der Waals surface area contributed by atoms with Crippen molar-refractivity contribution < 1.29 is 37.0 Å². The lowest BCUT2D eigenvalue weighted by Gasteiger charge is -2.41. The van der Waals surface area contributed by atoms with Gasteiger partial charge in [0.15, 0.2) is 0 Å². The number of fused-ring (bicyclic) bond motifs is 2. The number of hydrogen-bond acceptors (Lipinski definition) is 7. The van der Waals surface area contributed by atoms with E-state index in [0.717, 1.165) is 23.9 Å². The molecule has 1 N–H and O–H groups in total. The van der Waals surface area contributed by atoms with Crippen molar-refractivity contribution in [3.8, 4) is 5.75 Å². The smallest absolute Gasteiger partial charge is 0.416 e. The molecule has 2 aliphatic heterocycles. The lowest BCUT2D eigenvalue weighted by atomic mass is 10.1. The summed E-state index contributed by atoms with van der Waals surface area (Å²) in [5.74, 6) is -1.22. The average molecular weight is 550 g/mol. The Balaban J connectivity index is 1.64. The number of alkyl halides is 3. The number of rotatable bonds is 4. The Morgan fingerprint density at radius 3 is 2.72 bits per heavy atom. The predicted octanol–water partition coefficient (Wildman–Crippen LogP) is 1.41. The number of nitrogens with one attached hydrogen (secondary N) is 1. The van der Waals surface area contributed by atoms with Crippen molar-refractivity contribution in [3.63, 3.8) is 0 Å². The molecule has 0 aliphatic carbocycles. The van der Waals surface area contributed by atoms with Crippen LogP contribution in [0.4, 0.5) is 13.2 Å². The fourth-order valence-electron chi connectivity index (χ4n) is 4.60. The second kappa shape index (κ2) is 12.4. The van der Waals surface area contributed by atoms with Crippen LogP contribution < -0.4 is 10.1 Å². The number of aromatic nitrogens is 1. The molecule has 0 radical (unpaired) electrons. The third kappa shape index (κ3) is 7.24. The van der Waals surface area contributed by atoms with Gasteiger partial charge >= 0.3 is 6.18 Å². The topological polar surface area (TPSA) is 104 Å². The number of nitrogens with zero attached hydrogens (tertiary/aromatic N) is 4. The average Bonchev–Trinajstić information content (AvgIpc) is 2.92. The lowest BCUT2D eigenvalue weighted by molar-refractivity contribution is -0.146. The van der Waals surface area contributed by atoms with E-state index in [2.05, 4.69) is 10.3 Å². The van der Waals surface area contributed by atoms with Gasteiger partial charge in [0.2, 0.25) is 11.8 Å². The van der Waals surface area contributed by atoms with Gasteiger partial charge < -0.3 is 24.6 Å². The van der Waals surface area contributed by atoms with Gasteiger partial charge in [0, 0.05) is 52.6 Å². The molecule has 0 spiro atoms. The summed E-state index contributed by atoms with van der Waals surface area (Å²) in [4.78, 5) is 48.3. The zero-order valence-electron chi connectivity index (χ0n) is 21.4. The highest BCUT2D eigenvalue weighted by Crippen LogP contribution is 2.33. The second-order valence-electron chi connectivity index (χ2n) is 9.32. The first-order valence-corrected chi connectivity index (χ1v) is 12.5.